The molecular formula is C22H20Cl4N2O4. The van der Waals surface area contributed by atoms with Crippen LogP contribution in [-0.4, -0.2) is 13.2 Å². The second kappa shape index (κ2) is 10.5. The molecule has 6 nitrogen and oxygen atoms in total. The monoisotopic (exact) mass is 516 g/mol. The van der Waals surface area contributed by atoms with Crippen molar-refractivity contribution >= 4 is 57.8 Å². The van der Waals surface area contributed by atoms with E-state index in [0.29, 0.717) is 30.3 Å². The normalized spacial score (nSPS) is 10.7. The maximum Gasteiger partial charge on any atom is 0.205 e. The van der Waals surface area contributed by atoms with Gasteiger partial charge in [-0.1, -0.05) is 46.4 Å². The average Bonchev–Trinajstić information content (AvgIpc) is 2.69. The molecule has 3 aromatic carbocycles. The quantitative estimate of drug-likeness (QED) is 0.296. The van der Waals surface area contributed by atoms with E-state index in [9.17, 15) is 0 Å². The van der Waals surface area contributed by atoms with Gasteiger partial charge in [0.15, 0.2) is 23.0 Å². The first-order valence-corrected chi connectivity index (χ1v) is 11.0. The van der Waals surface area contributed by atoms with Crippen LogP contribution < -0.4 is 30.4 Å². The Bertz CT molecular complexity index is 1010. The van der Waals surface area contributed by atoms with Crippen LogP contribution in [0.25, 0.3) is 0 Å². The zero-order valence-corrected chi connectivity index (χ0v) is 20.2. The van der Waals surface area contributed by atoms with Crippen molar-refractivity contribution in [3.8, 4) is 34.5 Å². The third-order valence-corrected chi connectivity index (χ3v) is 5.18. The molecule has 3 rings (SSSR count). The number of nitrogens with two attached hydrogens (primary N) is 2. The van der Waals surface area contributed by atoms with Crippen LogP contribution >= 0.6 is 46.4 Å². The zero-order valence-electron chi connectivity index (χ0n) is 17.2. The lowest BCUT2D eigenvalue weighted by atomic mass is 10.2. The molecular weight excluding hydrogens is 498 g/mol. The molecule has 0 spiro atoms. The molecule has 0 saturated heterocycles. The Balaban J connectivity index is 2.14. The largest absolute Gasteiger partial charge is 0.494 e. The maximum atomic E-state index is 6.30. The summed E-state index contributed by atoms with van der Waals surface area (Å²) in [4.78, 5) is 0. The second-order valence-electron chi connectivity index (χ2n) is 6.45. The summed E-state index contributed by atoms with van der Waals surface area (Å²) in [5, 5.41) is 0.912. The molecule has 0 aromatic heterocycles. The molecule has 0 aliphatic carbocycles. The number of nitrogen functional groups attached to an aromatic ring is 2. The van der Waals surface area contributed by atoms with Crippen LogP contribution in [0, 0.1) is 0 Å². The predicted octanol–water partition coefficient (Wildman–Crippen LogP) is 7.85. The van der Waals surface area contributed by atoms with Gasteiger partial charge in [-0.25, -0.2) is 0 Å². The van der Waals surface area contributed by atoms with Crippen molar-refractivity contribution in [2.75, 3.05) is 24.7 Å². The van der Waals surface area contributed by atoms with Crippen LogP contribution in [0.2, 0.25) is 20.1 Å². The van der Waals surface area contributed by atoms with Crippen molar-refractivity contribution in [3.05, 3.63) is 56.5 Å². The molecule has 0 aliphatic rings. The van der Waals surface area contributed by atoms with E-state index in [1.165, 1.54) is 24.3 Å². The minimum absolute atomic E-state index is 0.201. The molecule has 0 heterocycles. The van der Waals surface area contributed by atoms with E-state index in [1.54, 1.807) is 12.1 Å². The molecule has 0 amide bonds. The number of halogens is 4. The van der Waals surface area contributed by atoms with Crippen molar-refractivity contribution in [1.82, 2.24) is 0 Å². The first-order valence-electron chi connectivity index (χ1n) is 9.51. The summed E-state index contributed by atoms with van der Waals surface area (Å²) < 4.78 is 23.6. The molecule has 0 bridgehead atoms. The minimum Gasteiger partial charge on any atom is -0.494 e. The van der Waals surface area contributed by atoms with Gasteiger partial charge in [-0.3, -0.25) is 0 Å². The maximum absolute atomic E-state index is 6.30. The van der Waals surface area contributed by atoms with Crippen molar-refractivity contribution in [3.63, 3.8) is 0 Å². The topological polar surface area (TPSA) is 89.0 Å². The average molecular weight is 518 g/mol. The standard InChI is InChI=1S/C22H20Cl4N2O4/c1-3-29-13-9-18(31-20-14(23)5-11(27)6-15(20)24)22(30-4-2)19(10-13)32-21-16(25)7-12(28)8-17(21)26/h5-10H,3-4,27-28H2,1-2H3. The van der Waals surface area contributed by atoms with Gasteiger partial charge >= 0.3 is 0 Å². The lowest BCUT2D eigenvalue weighted by Crippen LogP contribution is -2.01. The van der Waals surface area contributed by atoms with Gasteiger partial charge in [-0.2, -0.15) is 0 Å². The molecule has 10 heteroatoms. The van der Waals surface area contributed by atoms with E-state index >= 15 is 0 Å². The van der Waals surface area contributed by atoms with Crippen molar-refractivity contribution in [1.29, 1.82) is 0 Å². The van der Waals surface area contributed by atoms with Gasteiger partial charge < -0.3 is 30.4 Å². The fourth-order valence-electron chi connectivity index (χ4n) is 2.81. The number of hydrogen-bond donors (Lipinski definition) is 2. The summed E-state index contributed by atoms with van der Waals surface area (Å²) in [7, 11) is 0. The van der Waals surface area contributed by atoms with Gasteiger partial charge in [0, 0.05) is 23.5 Å². The summed E-state index contributed by atoms with van der Waals surface area (Å²) in [5.74, 6) is 1.63. The van der Waals surface area contributed by atoms with E-state index < -0.39 is 0 Å². The molecule has 0 radical (unpaired) electrons. The fraction of sp³-hybridized carbons (Fsp3) is 0.182. The van der Waals surface area contributed by atoms with Gasteiger partial charge in [-0.05, 0) is 38.1 Å². The molecule has 0 aliphatic heterocycles. The molecule has 3 aromatic rings. The second-order valence-corrected chi connectivity index (χ2v) is 8.07. The van der Waals surface area contributed by atoms with Gasteiger partial charge in [0.1, 0.15) is 5.75 Å². The van der Waals surface area contributed by atoms with Gasteiger partial charge in [-0.15, -0.1) is 0 Å². The number of anilines is 2. The summed E-state index contributed by atoms with van der Waals surface area (Å²) >= 11 is 25.2. The van der Waals surface area contributed by atoms with E-state index in [0.717, 1.165) is 0 Å². The van der Waals surface area contributed by atoms with Crippen LogP contribution in [0.5, 0.6) is 34.5 Å². The van der Waals surface area contributed by atoms with Gasteiger partial charge in [0.25, 0.3) is 0 Å². The van der Waals surface area contributed by atoms with Crippen LogP contribution in [-0.2, 0) is 0 Å². The molecule has 4 N–H and O–H groups in total. The predicted molar refractivity (Wildman–Crippen MR) is 131 cm³/mol. The molecule has 0 saturated carbocycles. The van der Waals surface area contributed by atoms with E-state index in [2.05, 4.69) is 0 Å². The Labute approximate surface area is 205 Å². The third kappa shape index (κ3) is 5.51. The lowest BCUT2D eigenvalue weighted by molar-refractivity contribution is 0.297. The molecule has 0 atom stereocenters. The van der Waals surface area contributed by atoms with Crippen molar-refractivity contribution < 1.29 is 18.9 Å². The van der Waals surface area contributed by atoms with Crippen molar-refractivity contribution in [2.24, 2.45) is 0 Å². The Hall–Kier alpha value is -2.38. The smallest absolute Gasteiger partial charge is 0.205 e. The van der Waals surface area contributed by atoms with E-state index in [1.807, 2.05) is 13.8 Å². The van der Waals surface area contributed by atoms with Crippen LogP contribution in [0.1, 0.15) is 13.8 Å². The zero-order chi connectivity index (χ0) is 23.4. The Kier molecular flexibility index (Phi) is 7.96. The Morgan fingerprint density at radius 1 is 0.594 bits per heavy atom. The third-order valence-electron chi connectivity index (χ3n) is 4.06. The highest BCUT2D eigenvalue weighted by Crippen LogP contribution is 2.49. The summed E-state index contributed by atoms with van der Waals surface area (Å²) in [6.07, 6.45) is 0. The SMILES string of the molecule is CCOc1cc(Oc2c(Cl)cc(N)cc2Cl)c(OCC)c(Oc2c(Cl)cc(N)cc2Cl)c1. The number of ether oxygens (including phenoxy) is 4. The molecule has 170 valence electrons. The van der Waals surface area contributed by atoms with Gasteiger partial charge in [0.05, 0.1) is 33.3 Å². The summed E-state index contributed by atoms with van der Waals surface area (Å²) in [6.45, 7) is 4.38. The minimum atomic E-state index is 0.201. The van der Waals surface area contributed by atoms with E-state index in [-0.39, 0.29) is 48.8 Å². The summed E-state index contributed by atoms with van der Waals surface area (Å²) in [5.41, 5.74) is 12.4. The van der Waals surface area contributed by atoms with Crippen molar-refractivity contribution in [2.45, 2.75) is 13.8 Å². The fourth-order valence-corrected chi connectivity index (χ4v) is 3.98. The Morgan fingerprint density at radius 2 is 0.969 bits per heavy atom. The lowest BCUT2D eigenvalue weighted by Gasteiger charge is -2.19. The highest BCUT2D eigenvalue weighted by molar-refractivity contribution is 6.38. The molecule has 32 heavy (non-hydrogen) atoms. The number of hydrogen-bond acceptors (Lipinski definition) is 6. The van der Waals surface area contributed by atoms with Crippen LogP contribution in [0.15, 0.2) is 36.4 Å². The molecule has 0 fully saturated rings. The Morgan fingerprint density at radius 3 is 1.31 bits per heavy atom. The molecule has 0 unspecified atom stereocenters. The number of benzene rings is 3. The number of rotatable bonds is 8. The first kappa shape index (κ1) is 24.3. The van der Waals surface area contributed by atoms with Gasteiger partial charge in [0.2, 0.25) is 5.75 Å². The van der Waals surface area contributed by atoms with E-state index in [4.69, 9.17) is 76.8 Å². The van der Waals surface area contributed by atoms with Crippen LogP contribution in [0.4, 0.5) is 11.4 Å². The van der Waals surface area contributed by atoms with Crippen LogP contribution in [0.3, 0.4) is 0 Å². The summed E-state index contributed by atoms with van der Waals surface area (Å²) in [6, 6.07) is 9.39. The highest BCUT2D eigenvalue weighted by Gasteiger charge is 2.22. The highest BCUT2D eigenvalue weighted by atomic mass is 35.5. The first-order chi connectivity index (χ1) is 15.2.